The second-order valence-corrected chi connectivity index (χ2v) is 7.37. The predicted octanol–water partition coefficient (Wildman–Crippen LogP) is 0.0133. The van der Waals surface area contributed by atoms with Gasteiger partial charge in [-0.25, -0.2) is 14.7 Å². The van der Waals surface area contributed by atoms with Crippen LogP contribution in [0.15, 0.2) is 5.10 Å². The van der Waals surface area contributed by atoms with Crippen molar-refractivity contribution in [1.82, 2.24) is 15.4 Å². The lowest BCUT2D eigenvalue weighted by Gasteiger charge is -2.17. The SMILES string of the molecule is O=C(O)C(CCC[C@@H]1SC[C@H]2[C@@H]1NC(=O)N2O)=NN1C(=O)CCC1=O. The number of hydrogen-bond acceptors (Lipinski definition) is 7. The Morgan fingerprint density at radius 3 is 2.60 bits per heavy atom. The molecule has 0 radical (unpaired) electrons. The molecule has 3 aliphatic heterocycles. The quantitative estimate of drug-likeness (QED) is 0.259. The van der Waals surface area contributed by atoms with Crippen LogP contribution in [0, 0.1) is 0 Å². The van der Waals surface area contributed by atoms with Crippen molar-refractivity contribution in [2.24, 2.45) is 5.10 Å². The lowest BCUT2D eigenvalue weighted by molar-refractivity contribution is -0.138. The van der Waals surface area contributed by atoms with Crippen LogP contribution in [-0.4, -0.2) is 73.0 Å². The Labute approximate surface area is 147 Å². The van der Waals surface area contributed by atoms with Crippen LogP contribution in [-0.2, 0) is 14.4 Å². The van der Waals surface area contributed by atoms with Gasteiger partial charge in [-0.3, -0.25) is 14.8 Å². The Balaban J connectivity index is 1.56. The fourth-order valence-electron chi connectivity index (χ4n) is 3.18. The van der Waals surface area contributed by atoms with Crippen molar-refractivity contribution in [3.05, 3.63) is 0 Å². The smallest absolute Gasteiger partial charge is 0.352 e. The van der Waals surface area contributed by atoms with Crippen LogP contribution < -0.4 is 5.32 Å². The molecular weight excluding hydrogens is 352 g/mol. The highest BCUT2D eigenvalue weighted by Gasteiger charge is 2.47. The maximum atomic E-state index is 11.5. The fraction of sp³-hybridized carbons (Fsp3) is 0.643. The van der Waals surface area contributed by atoms with Crippen LogP contribution in [0.3, 0.4) is 0 Å². The molecule has 0 spiro atoms. The molecule has 3 heterocycles. The minimum atomic E-state index is -1.26. The van der Waals surface area contributed by atoms with Crippen LogP contribution >= 0.6 is 11.8 Å². The van der Waals surface area contributed by atoms with Crippen molar-refractivity contribution in [3.8, 4) is 0 Å². The number of fused-ring (bicyclic) bond motifs is 1. The Morgan fingerprint density at radius 2 is 1.96 bits per heavy atom. The second kappa shape index (κ2) is 7.00. The first-order chi connectivity index (χ1) is 11.9. The third-order valence-electron chi connectivity index (χ3n) is 4.50. The van der Waals surface area contributed by atoms with Gasteiger partial charge in [0, 0.05) is 23.8 Å². The number of carbonyl (C=O) groups excluding carboxylic acids is 3. The number of carboxylic acids is 1. The zero-order chi connectivity index (χ0) is 18.1. The molecule has 11 heteroatoms. The topological polar surface area (TPSA) is 140 Å². The highest BCUT2D eigenvalue weighted by atomic mass is 32.2. The van der Waals surface area contributed by atoms with E-state index in [1.165, 1.54) is 0 Å². The van der Waals surface area contributed by atoms with Crippen molar-refractivity contribution in [1.29, 1.82) is 0 Å². The van der Waals surface area contributed by atoms with E-state index in [1.54, 1.807) is 11.8 Å². The van der Waals surface area contributed by atoms with Crippen molar-refractivity contribution in [2.75, 3.05) is 5.75 Å². The zero-order valence-corrected chi connectivity index (χ0v) is 14.1. The van der Waals surface area contributed by atoms with E-state index in [-0.39, 0.29) is 42.3 Å². The molecule has 25 heavy (non-hydrogen) atoms. The summed E-state index contributed by atoms with van der Waals surface area (Å²) in [4.78, 5) is 45.9. The molecule has 0 bridgehead atoms. The van der Waals surface area contributed by atoms with Gasteiger partial charge in [0.2, 0.25) is 11.8 Å². The summed E-state index contributed by atoms with van der Waals surface area (Å²) in [6.07, 6.45) is 1.30. The monoisotopic (exact) mass is 370 g/mol. The van der Waals surface area contributed by atoms with Gasteiger partial charge in [0.1, 0.15) is 5.71 Å². The molecule has 3 rings (SSSR count). The number of nitrogens with zero attached hydrogens (tertiary/aromatic N) is 3. The molecule has 3 saturated heterocycles. The molecule has 3 aliphatic rings. The van der Waals surface area contributed by atoms with Crippen LogP contribution in [0.4, 0.5) is 4.79 Å². The molecule has 0 aromatic carbocycles. The van der Waals surface area contributed by atoms with Crippen molar-refractivity contribution >= 4 is 41.3 Å². The van der Waals surface area contributed by atoms with Crippen LogP contribution in [0.1, 0.15) is 32.1 Å². The summed E-state index contributed by atoms with van der Waals surface area (Å²) in [5, 5.41) is 26.7. The van der Waals surface area contributed by atoms with Gasteiger partial charge >= 0.3 is 12.0 Å². The number of carboxylic acid groups (broad SMARTS) is 1. The molecule has 3 atom stereocenters. The van der Waals surface area contributed by atoms with Crippen molar-refractivity contribution in [2.45, 2.75) is 49.4 Å². The van der Waals surface area contributed by atoms with Crippen LogP contribution in [0.25, 0.3) is 0 Å². The maximum absolute atomic E-state index is 11.5. The summed E-state index contributed by atoms with van der Waals surface area (Å²) < 4.78 is 0. The second-order valence-electron chi connectivity index (χ2n) is 6.10. The average Bonchev–Trinajstić information content (AvgIpc) is 3.18. The number of aliphatic carboxylic acids is 1. The standard InChI is InChI=1S/C14H18N4O6S/c19-10-4-5-11(20)17(10)16-7(13(21)22)2-1-3-9-12-8(6-25-9)18(24)14(23)15-12/h8-9,12,24H,1-6H2,(H,15,23)(H,21,22)/t8-,9-,12-/m0/s1. The predicted molar refractivity (Wildman–Crippen MR) is 86.0 cm³/mol. The van der Waals surface area contributed by atoms with Gasteiger partial charge in [-0.15, -0.1) is 0 Å². The lowest BCUT2D eigenvalue weighted by Crippen LogP contribution is -2.37. The molecule has 3 fully saturated rings. The van der Waals surface area contributed by atoms with E-state index in [0.29, 0.717) is 28.7 Å². The molecule has 0 unspecified atom stereocenters. The number of rotatable bonds is 6. The Kier molecular flexibility index (Phi) is 4.95. The fourth-order valence-corrected chi connectivity index (χ4v) is 4.76. The van der Waals surface area contributed by atoms with Gasteiger partial charge in [-0.1, -0.05) is 0 Å². The van der Waals surface area contributed by atoms with Crippen LogP contribution in [0.2, 0.25) is 0 Å². The Hall–Kier alpha value is -2.14. The van der Waals surface area contributed by atoms with E-state index in [1.807, 2.05) is 0 Å². The summed E-state index contributed by atoms with van der Waals surface area (Å²) in [6.45, 7) is 0. The van der Waals surface area contributed by atoms with Gasteiger partial charge in [0.15, 0.2) is 0 Å². The lowest BCUT2D eigenvalue weighted by atomic mass is 10.0. The van der Waals surface area contributed by atoms with Gasteiger partial charge in [-0.05, 0) is 19.3 Å². The number of nitrogens with one attached hydrogen (secondary N) is 1. The van der Waals surface area contributed by atoms with E-state index >= 15 is 0 Å². The molecule has 3 N–H and O–H groups in total. The summed E-state index contributed by atoms with van der Waals surface area (Å²) in [7, 11) is 0. The van der Waals surface area contributed by atoms with Gasteiger partial charge in [0.25, 0.3) is 0 Å². The summed E-state index contributed by atoms with van der Waals surface area (Å²) >= 11 is 1.61. The Morgan fingerprint density at radius 1 is 1.28 bits per heavy atom. The number of hydrogen-bond donors (Lipinski definition) is 3. The summed E-state index contributed by atoms with van der Waals surface area (Å²) in [6, 6.07) is -0.955. The largest absolute Gasteiger partial charge is 0.477 e. The molecule has 0 aromatic heterocycles. The van der Waals surface area contributed by atoms with Crippen molar-refractivity contribution in [3.63, 3.8) is 0 Å². The first-order valence-corrected chi connectivity index (χ1v) is 9.00. The highest BCUT2D eigenvalue weighted by molar-refractivity contribution is 8.00. The number of amides is 4. The normalized spacial score (nSPS) is 29.4. The van der Waals surface area contributed by atoms with Gasteiger partial charge in [0.05, 0.1) is 12.1 Å². The minimum Gasteiger partial charge on any atom is -0.477 e. The number of hydrazone groups is 1. The first kappa shape index (κ1) is 17.7. The van der Waals surface area contributed by atoms with E-state index in [2.05, 4.69) is 10.4 Å². The molecular formula is C14H18N4O6S. The van der Waals surface area contributed by atoms with E-state index in [4.69, 9.17) is 0 Å². The van der Waals surface area contributed by atoms with Gasteiger partial charge < -0.3 is 10.4 Å². The third-order valence-corrected chi connectivity index (χ3v) is 5.99. The highest BCUT2D eigenvalue weighted by Crippen LogP contribution is 2.36. The zero-order valence-electron chi connectivity index (χ0n) is 13.3. The number of urea groups is 1. The molecule has 10 nitrogen and oxygen atoms in total. The molecule has 0 aliphatic carbocycles. The summed E-state index contributed by atoms with van der Waals surface area (Å²) in [5.74, 6) is -1.63. The molecule has 136 valence electrons. The third kappa shape index (κ3) is 3.47. The van der Waals surface area contributed by atoms with E-state index < -0.39 is 23.8 Å². The van der Waals surface area contributed by atoms with Gasteiger partial charge in [-0.2, -0.15) is 21.9 Å². The van der Waals surface area contributed by atoms with E-state index in [0.717, 1.165) is 0 Å². The minimum absolute atomic E-state index is 0.0500. The number of imide groups is 1. The first-order valence-electron chi connectivity index (χ1n) is 7.95. The van der Waals surface area contributed by atoms with E-state index in [9.17, 15) is 29.5 Å². The van der Waals surface area contributed by atoms with Crippen LogP contribution in [0.5, 0.6) is 0 Å². The molecule has 0 aromatic rings. The number of hydroxylamine groups is 2. The molecule has 4 amide bonds. The maximum Gasteiger partial charge on any atom is 0.352 e. The number of thioether (sulfide) groups is 1. The number of carbonyl (C=O) groups is 4. The molecule has 0 saturated carbocycles. The Bertz CT molecular complexity index is 637. The average molecular weight is 370 g/mol. The van der Waals surface area contributed by atoms with Crippen molar-refractivity contribution < 1.29 is 29.5 Å². The summed E-state index contributed by atoms with van der Waals surface area (Å²) in [5.41, 5.74) is -0.234.